The van der Waals surface area contributed by atoms with Crippen molar-refractivity contribution in [2.45, 2.75) is 11.8 Å². The van der Waals surface area contributed by atoms with E-state index < -0.39 is 20.8 Å². The molecule has 9 heteroatoms. The number of hydrogen-bond acceptors (Lipinski definition) is 4. The molecule has 0 saturated carbocycles. The standard InChI is InChI=1S/C13H10ClFN2O4S/c1-8-2-3-9(17(18)19)6-13(8)16-22(20,21)10-4-5-12(15)11(14)7-10/h2-7,16H,1H3. The first kappa shape index (κ1) is 16.2. The predicted molar refractivity (Wildman–Crippen MR) is 80.1 cm³/mol. The van der Waals surface area contributed by atoms with Crippen molar-refractivity contribution in [2.75, 3.05) is 4.72 Å². The lowest BCUT2D eigenvalue weighted by atomic mass is 10.2. The summed E-state index contributed by atoms with van der Waals surface area (Å²) < 4.78 is 39.8. The van der Waals surface area contributed by atoms with Crippen LogP contribution in [0.4, 0.5) is 15.8 Å². The molecule has 0 aliphatic carbocycles. The van der Waals surface area contributed by atoms with Crippen LogP contribution in [0.25, 0.3) is 0 Å². The third-order valence-corrected chi connectivity index (χ3v) is 4.53. The Morgan fingerprint density at radius 3 is 2.50 bits per heavy atom. The van der Waals surface area contributed by atoms with Crippen molar-refractivity contribution in [3.63, 3.8) is 0 Å². The highest BCUT2D eigenvalue weighted by Crippen LogP contribution is 2.26. The fourth-order valence-electron chi connectivity index (χ4n) is 1.68. The molecule has 0 unspecified atom stereocenters. The lowest BCUT2D eigenvalue weighted by Gasteiger charge is -2.10. The van der Waals surface area contributed by atoms with E-state index in [2.05, 4.69) is 4.72 Å². The first-order valence-corrected chi connectivity index (χ1v) is 7.80. The number of nitrogens with one attached hydrogen (secondary N) is 1. The van der Waals surface area contributed by atoms with Gasteiger partial charge in [-0.3, -0.25) is 14.8 Å². The molecule has 1 N–H and O–H groups in total. The van der Waals surface area contributed by atoms with Crippen LogP contribution in [-0.2, 0) is 10.0 Å². The molecule has 0 bridgehead atoms. The number of anilines is 1. The SMILES string of the molecule is Cc1ccc([N+](=O)[O-])cc1NS(=O)(=O)c1ccc(F)c(Cl)c1. The van der Waals surface area contributed by atoms with Crippen molar-refractivity contribution in [3.05, 3.63) is 62.9 Å². The van der Waals surface area contributed by atoms with Gasteiger partial charge in [0.25, 0.3) is 15.7 Å². The van der Waals surface area contributed by atoms with Crippen LogP contribution in [0, 0.1) is 22.9 Å². The van der Waals surface area contributed by atoms with Gasteiger partial charge in [-0.2, -0.15) is 0 Å². The average molecular weight is 345 g/mol. The Morgan fingerprint density at radius 1 is 1.23 bits per heavy atom. The fraction of sp³-hybridized carbons (Fsp3) is 0.0769. The molecule has 2 rings (SSSR count). The maximum absolute atomic E-state index is 13.1. The Bertz CT molecular complexity index is 855. The third-order valence-electron chi connectivity index (χ3n) is 2.88. The third kappa shape index (κ3) is 3.34. The Balaban J connectivity index is 2.42. The van der Waals surface area contributed by atoms with Crippen LogP contribution >= 0.6 is 11.6 Å². The molecule has 2 aromatic carbocycles. The quantitative estimate of drug-likeness (QED) is 0.679. The van der Waals surface area contributed by atoms with Crippen molar-refractivity contribution in [3.8, 4) is 0 Å². The van der Waals surface area contributed by atoms with Crippen LogP contribution in [-0.4, -0.2) is 13.3 Å². The lowest BCUT2D eigenvalue weighted by Crippen LogP contribution is -2.14. The number of rotatable bonds is 4. The zero-order valence-electron chi connectivity index (χ0n) is 11.2. The van der Waals surface area contributed by atoms with E-state index in [1.807, 2.05) is 0 Å². The van der Waals surface area contributed by atoms with E-state index in [0.717, 1.165) is 24.3 Å². The first-order chi connectivity index (χ1) is 10.2. The molecule has 0 heterocycles. The Kier molecular flexibility index (Phi) is 4.34. The second-order valence-corrected chi connectivity index (χ2v) is 6.53. The summed E-state index contributed by atoms with van der Waals surface area (Å²) in [6.07, 6.45) is 0. The van der Waals surface area contributed by atoms with Gasteiger partial charge in [0, 0.05) is 12.1 Å². The van der Waals surface area contributed by atoms with Crippen molar-refractivity contribution in [2.24, 2.45) is 0 Å². The van der Waals surface area contributed by atoms with Crippen molar-refractivity contribution >= 4 is 33.0 Å². The van der Waals surface area contributed by atoms with Gasteiger partial charge in [0.2, 0.25) is 0 Å². The molecule has 0 saturated heterocycles. The molecule has 2 aromatic rings. The van der Waals surface area contributed by atoms with E-state index in [9.17, 15) is 22.9 Å². The summed E-state index contributed by atoms with van der Waals surface area (Å²) >= 11 is 5.56. The van der Waals surface area contributed by atoms with Gasteiger partial charge in [-0.25, -0.2) is 12.8 Å². The van der Waals surface area contributed by atoms with Gasteiger partial charge < -0.3 is 0 Å². The molecule has 0 atom stereocenters. The van der Waals surface area contributed by atoms with Crippen molar-refractivity contribution in [1.29, 1.82) is 0 Å². The minimum Gasteiger partial charge on any atom is -0.279 e. The molecule has 0 amide bonds. The molecular weight excluding hydrogens is 335 g/mol. The summed E-state index contributed by atoms with van der Waals surface area (Å²) in [6.45, 7) is 1.60. The highest BCUT2D eigenvalue weighted by Gasteiger charge is 2.18. The Labute approximate surface area is 130 Å². The molecule has 0 aliphatic heterocycles. The molecule has 0 spiro atoms. The predicted octanol–water partition coefficient (Wildman–Crippen LogP) is 3.50. The van der Waals surface area contributed by atoms with E-state index >= 15 is 0 Å². The minimum atomic E-state index is -4.04. The summed E-state index contributed by atoms with van der Waals surface area (Å²) in [5.74, 6) is -0.743. The summed E-state index contributed by atoms with van der Waals surface area (Å²) in [7, 11) is -4.04. The second-order valence-electron chi connectivity index (χ2n) is 4.44. The lowest BCUT2D eigenvalue weighted by molar-refractivity contribution is -0.384. The van der Waals surface area contributed by atoms with E-state index in [1.165, 1.54) is 12.1 Å². The van der Waals surface area contributed by atoms with Crippen LogP contribution in [0.2, 0.25) is 5.02 Å². The zero-order chi connectivity index (χ0) is 16.5. The summed E-state index contributed by atoms with van der Waals surface area (Å²) in [4.78, 5) is 9.87. The molecule has 0 fully saturated rings. The molecule has 0 aliphatic rings. The van der Waals surface area contributed by atoms with Gasteiger partial charge in [-0.15, -0.1) is 0 Å². The summed E-state index contributed by atoms with van der Waals surface area (Å²) in [5.41, 5.74) is 0.317. The van der Waals surface area contributed by atoms with Crippen LogP contribution < -0.4 is 4.72 Å². The molecular formula is C13H10ClFN2O4S. The number of nitrogens with zero attached hydrogens (tertiary/aromatic N) is 1. The molecule has 22 heavy (non-hydrogen) atoms. The van der Waals surface area contributed by atoms with Gasteiger partial charge in [0.15, 0.2) is 0 Å². The first-order valence-electron chi connectivity index (χ1n) is 5.93. The number of halogens is 2. The highest BCUT2D eigenvalue weighted by molar-refractivity contribution is 7.92. The summed E-state index contributed by atoms with van der Waals surface area (Å²) in [5, 5.41) is 10.4. The van der Waals surface area contributed by atoms with E-state index in [4.69, 9.17) is 11.6 Å². The van der Waals surface area contributed by atoms with Crippen LogP contribution in [0.1, 0.15) is 5.56 Å². The monoisotopic (exact) mass is 344 g/mol. The minimum absolute atomic E-state index is 0.0645. The van der Waals surface area contributed by atoms with Gasteiger partial charge in [0.05, 0.1) is 20.5 Å². The molecule has 0 radical (unpaired) electrons. The van der Waals surface area contributed by atoms with Crippen molar-refractivity contribution in [1.82, 2.24) is 0 Å². The zero-order valence-corrected chi connectivity index (χ0v) is 12.8. The van der Waals surface area contributed by atoms with E-state index in [0.29, 0.717) is 5.56 Å². The Hall–Kier alpha value is -2.19. The highest BCUT2D eigenvalue weighted by atomic mass is 35.5. The van der Waals surface area contributed by atoms with Gasteiger partial charge >= 0.3 is 0 Å². The van der Waals surface area contributed by atoms with Crippen LogP contribution in [0.15, 0.2) is 41.3 Å². The second kappa shape index (κ2) is 5.90. The summed E-state index contributed by atoms with van der Waals surface area (Å²) in [6, 6.07) is 6.74. The fourth-order valence-corrected chi connectivity index (χ4v) is 3.07. The van der Waals surface area contributed by atoms with Gasteiger partial charge in [-0.1, -0.05) is 17.7 Å². The average Bonchev–Trinajstić information content (AvgIpc) is 2.43. The van der Waals surface area contributed by atoms with Crippen LogP contribution in [0.3, 0.4) is 0 Å². The normalized spacial score (nSPS) is 11.2. The number of non-ortho nitro benzene ring substituents is 1. The number of hydrogen-bond donors (Lipinski definition) is 1. The number of nitro groups is 1. The number of nitro benzene ring substituents is 1. The maximum Gasteiger partial charge on any atom is 0.271 e. The molecule has 6 nitrogen and oxygen atoms in total. The smallest absolute Gasteiger partial charge is 0.271 e. The van der Waals surface area contributed by atoms with Crippen LogP contribution in [0.5, 0.6) is 0 Å². The van der Waals surface area contributed by atoms with E-state index in [1.54, 1.807) is 6.92 Å². The number of aryl methyl sites for hydroxylation is 1. The molecule has 116 valence electrons. The van der Waals surface area contributed by atoms with Gasteiger partial charge in [-0.05, 0) is 30.7 Å². The van der Waals surface area contributed by atoms with Gasteiger partial charge in [0.1, 0.15) is 5.82 Å². The molecule has 0 aromatic heterocycles. The maximum atomic E-state index is 13.1. The topological polar surface area (TPSA) is 89.3 Å². The van der Waals surface area contributed by atoms with Crippen molar-refractivity contribution < 1.29 is 17.7 Å². The Morgan fingerprint density at radius 2 is 1.91 bits per heavy atom. The largest absolute Gasteiger partial charge is 0.279 e. The number of benzene rings is 2. The van der Waals surface area contributed by atoms with E-state index in [-0.39, 0.29) is 21.3 Å². The number of sulfonamides is 1.